The van der Waals surface area contributed by atoms with E-state index in [1.54, 1.807) is 12.1 Å². The molecule has 0 amide bonds. The van der Waals surface area contributed by atoms with Crippen LogP contribution in [0.3, 0.4) is 0 Å². The van der Waals surface area contributed by atoms with Crippen LogP contribution in [0.5, 0.6) is 0 Å². The molecule has 0 atom stereocenters. The van der Waals surface area contributed by atoms with Gasteiger partial charge >= 0.3 is 5.97 Å². The number of nitrogens with one attached hydrogen (secondary N) is 1. The molecule has 0 fully saturated rings. The molecule has 1 heterocycles. The first-order valence-corrected chi connectivity index (χ1v) is 5.57. The predicted octanol–water partition coefficient (Wildman–Crippen LogP) is 0.355. The summed E-state index contributed by atoms with van der Waals surface area (Å²) >= 11 is 0. The van der Waals surface area contributed by atoms with Crippen molar-refractivity contribution in [3.63, 3.8) is 0 Å². The third-order valence-corrected chi connectivity index (χ3v) is 2.54. The first kappa shape index (κ1) is 16.5. The summed E-state index contributed by atoms with van der Waals surface area (Å²) in [5.74, 6) is -0.787. The maximum Gasteiger partial charge on any atom is 0.334 e. The second-order valence-electron chi connectivity index (χ2n) is 3.91. The second-order valence-corrected chi connectivity index (χ2v) is 3.91. The van der Waals surface area contributed by atoms with Crippen molar-refractivity contribution in [1.29, 1.82) is 0 Å². The van der Waals surface area contributed by atoms with Crippen LogP contribution in [0.15, 0.2) is 39.9 Å². The zero-order valence-electron chi connectivity index (χ0n) is 10.8. The number of aromatic nitrogens is 2. The molecular formula is C13H11N2O4Y-. The van der Waals surface area contributed by atoms with Crippen molar-refractivity contribution >= 4 is 5.97 Å². The van der Waals surface area contributed by atoms with Gasteiger partial charge in [-0.25, -0.2) is 4.79 Å². The fourth-order valence-corrected chi connectivity index (χ4v) is 1.50. The van der Waals surface area contributed by atoms with Gasteiger partial charge in [0.2, 0.25) is 0 Å². The Balaban J connectivity index is 0.00000200. The molecule has 20 heavy (non-hydrogen) atoms. The molecule has 0 aliphatic rings. The van der Waals surface area contributed by atoms with Gasteiger partial charge < -0.3 is 14.7 Å². The Kier molecular flexibility index (Phi) is 6.04. The normalized spacial score (nSPS) is 9.65. The van der Waals surface area contributed by atoms with E-state index in [4.69, 9.17) is 4.74 Å². The largest absolute Gasteiger partial charge is 0.457 e. The molecule has 2 rings (SSSR count). The summed E-state index contributed by atoms with van der Waals surface area (Å²) in [4.78, 5) is 39.6. The summed E-state index contributed by atoms with van der Waals surface area (Å²) in [6.45, 7) is 1.46. The third kappa shape index (κ3) is 3.98. The van der Waals surface area contributed by atoms with Crippen LogP contribution in [0.4, 0.5) is 0 Å². The van der Waals surface area contributed by atoms with Crippen molar-refractivity contribution in [3.05, 3.63) is 68.0 Å². The molecule has 1 aromatic carbocycles. The van der Waals surface area contributed by atoms with E-state index in [1.165, 1.54) is 6.92 Å². The Hall–Kier alpha value is -1.53. The van der Waals surface area contributed by atoms with E-state index < -0.39 is 17.2 Å². The molecule has 0 spiro atoms. The van der Waals surface area contributed by atoms with Crippen LogP contribution in [-0.2, 0) is 44.1 Å². The summed E-state index contributed by atoms with van der Waals surface area (Å²) < 4.78 is 5.01. The number of esters is 1. The summed E-state index contributed by atoms with van der Waals surface area (Å²) in [6.07, 6.45) is 0. The Bertz CT molecular complexity index is 706. The molecule has 1 aromatic heterocycles. The number of nitrogens with zero attached hydrogens (tertiary/aromatic N) is 1. The van der Waals surface area contributed by atoms with Crippen LogP contribution in [0, 0.1) is 6.92 Å². The number of carbonyl (C=O) groups is 1. The monoisotopic (exact) mass is 348 g/mol. The van der Waals surface area contributed by atoms with Gasteiger partial charge in [0.15, 0.2) is 11.2 Å². The molecule has 0 saturated heterocycles. The SMILES string of the molecule is Cc1c(C(=O)OCc2ccccc2)[n-]c(=O)[nH]c1=O.[Y]. The van der Waals surface area contributed by atoms with Gasteiger partial charge in [0.05, 0.1) is 5.69 Å². The van der Waals surface area contributed by atoms with Crippen molar-refractivity contribution < 1.29 is 42.2 Å². The number of hydrogen-bond acceptors (Lipinski definition) is 4. The number of aromatic amines is 1. The molecular weight excluding hydrogens is 337 g/mol. The van der Waals surface area contributed by atoms with E-state index in [0.29, 0.717) is 0 Å². The molecule has 0 aliphatic carbocycles. The van der Waals surface area contributed by atoms with E-state index in [2.05, 4.69) is 4.98 Å². The van der Waals surface area contributed by atoms with E-state index in [9.17, 15) is 14.4 Å². The fourth-order valence-electron chi connectivity index (χ4n) is 1.50. The standard InChI is InChI=1S/C13H12N2O4.Y/c1-8-10(14-13(18)15-11(8)16)12(17)19-7-9-5-3-2-4-6-9;/h2-6H,7H2,1H3,(H2,14,15,16,18);/p-1. The van der Waals surface area contributed by atoms with Gasteiger partial charge in [-0.05, 0) is 12.5 Å². The number of carbonyl (C=O) groups excluding carboxylic acids is 1. The molecule has 0 saturated carbocycles. The van der Waals surface area contributed by atoms with Gasteiger partial charge in [-0.2, -0.15) is 0 Å². The topological polar surface area (TPSA) is 90.3 Å². The minimum Gasteiger partial charge on any atom is -0.457 e. The molecule has 0 unspecified atom stereocenters. The number of H-pyrrole nitrogens is 1. The maximum atomic E-state index is 11.8. The average molecular weight is 348 g/mol. The van der Waals surface area contributed by atoms with Crippen LogP contribution >= 0.6 is 0 Å². The second kappa shape index (κ2) is 7.31. The fraction of sp³-hybridized carbons (Fsp3) is 0.154. The van der Waals surface area contributed by atoms with Gasteiger partial charge in [-0.15, -0.1) is 0 Å². The van der Waals surface area contributed by atoms with Crippen molar-refractivity contribution in [1.82, 2.24) is 9.97 Å². The average Bonchev–Trinajstić information content (AvgIpc) is 2.41. The molecule has 6 nitrogen and oxygen atoms in total. The van der Waals surface area contributed by atoms with Crippen molar-refractivity contribution in [2.45, 2.75) is 13.5 Å². The number of hydrogen-bond donors (Lipinski definition) is 1. The molecule has 1 N–H and O–H groups in total. The smallest absolute Gasteiger partial charge is 0.334 e. The summed E-state index contributed by atoms with van der Waals surface area (Å²) in [5, 5.41) is 0. The van der Waals surface area contributed by atoms with Gasteiger partial charge in [0.1, 0.15) is 6.61 Å². The number of ether oxygens (including phenoxy) is 1. The van der Waals surface area contributed by atoms with Crippen molar-refractivity contribution in [3.8, 4) is 0 Å². The Morgan fingerprint density at radius 2 is 1.90 bits per heavy atom. The zero-order chi connectivity index (χ0) is 13.8. The molecule has 1 radical (unpaired) electrons. The summed E-state index contributed by atoms with van der Waals surface area (Å²) in [7, 11) is 0. The van der Waals surface area contributed by atoms with Gasteiger partial charge in [0.25, 0.3) is 0 Å². The number of rotatable bonds is 3. The summed E-state index contributed by atoms with van der Waals surface area (Å²) in [6, 6.07) is 9.07. The Morgan fingerprint density at radius 3 is 2.55 bits per heavy atom. The van der Waals surface area contributed by atoms with E-state index in [0.717, 1.165) is 5.56 Å². The Labute approximate surface area is 139 Å². The van der Waals surface area contributed by atoms with Crippen LogP contribution in [0.25, 0.3) is 0 Å². The third-order valence-electron chi connectivity index (χ3n) is 2.54. The minimum atomic E-state index is -0.859. The van der Waals surface area contributed by atoms with Crippen LogP contribution < -0.4 is 16.2 Å². The van der Waals surface area contributed by atoms with Crippen molar-refractivity contribution in [2.24, 2.45) is 0 Å². The molecule has 7 heteroatoms. The first-order chi connectivity index (χ1) is 9.08. The van der Waals surface area contributed by atoms with Gasteiger partial charge in [-0.1, -0.05) is 30.3 Å². The first-order valence-electron chi connectivity index (χ1n) is 5.57. The van der Waals surface area contributed by atoms with Crippen LogP contribution in [0.1, 0.15) is 21.6 Å². The van der Waals surface area contributed by atoms with Gasteiger partial charge in [-0.3, -0.25) is 9.59 Å². The molecule has 0 bridgehead atoms. The quantitative estimate of drug-likeness (QED) is 0.809. The Morgan fingerprint density at radius 1 is 1.25 bits per heavy atom. The van der Waals surface area contributed by atoms with E-state index in [1.807, 2.05) is 23.2 Å². The molecule has 0 aliphatic heterocycles. The zero-order valence-corrected chi connectivity index (χ0v) is 13.6. The predicted molar refractivity (Wildman–Crippen MR) is 67.0 cm³/mol. The van der Waals surface area contributed by atoms with Crippen molar-refractivity contribution in [2.75, 3.05) is 0 Å². The summed E-state index contributed by atoms with van der Waals surface area (Å²) in [5.41, 5.74) is -0.864. The maximum absolute atomic E-state index is 11.8. The van der Waals surface area contributed by atoms with Gasteiger partial charge in [0, 0.05) is 38.3 Å². The molecule has 2 aromatic rings. The molecule has 101 valence electrons. The van der Waals surface area contributed by atoms with E-state index >= 15 is 0 Å². The minimum absolute atomic E-state index is 0. The van der Waals surface area contributed by atoms with E-state index in [-0.39, 0.29) is 50.6 Å². The van der Waals surface area contributed by atoms with Crippen LogP contribution in [-0.4, -0.2) is 11.0 Å². The number of benzene rings is 1. The van der Waals surface area contributed by atoms with Crippen LogP contribution in [0.2, 0.25) is 0 Å².